The topological polar surface area (TPSA) is 53.1 Å². The molecule has 0 aliphatic heterocycles. The van der Waals surface area contributed by atoms with Crippen molar-refractivity contribution in [2.24, 2.45) is 5.73 Å². The quantitative estimate of drug-likeness (QED) is 0.740. The molecule has 1 aromatic carbocycles. The Morgan fingerprint density at radius 1 is 1.16 bits per heavy atom. The van der Waals surface area contributed by atoms with E-state index in [1.165, 1.54) is 5.56 Å². The van der Waals surface area contributed by atoms with Crippen molar-refractivity contribution in [3.8, 4) is 5.75 Å². The van der Waals surface area contributed by atoms with Crippen molar-refractivity contribution in [2.75, 3.05) is 13.2 Å². The van der Waals surface area contributed by atoms with Crippen LogP contribution in [0.3, 0.4) is 0 Å². The standard InChI is InChI=1S/C15H21N3O/c16-9-4-6-14-12-17-18(13-14)10-5-11-19-15-7-2-1-3-8-15/h1-3,7-8,12-13H,4-6,9-11,16H2. The monoisotopic (exact) mass is 259 g/mol. The molecule has 1 heterocycles. The number of benzene rings is 1. The van der Waals surface area contributed by atoms with Crippen LogP contribution in [0.2, 0.25) is 0 Å². The van der Waals surface area contributed by atoms with Gasteiger partial charge in [0.15, 0.2) is 0 Å². The largest absolute Gasteiger partial charge is 0.494 e. The molecule has 2 N–H and O–H groups in total. The van der Waals surface area contributed by atoms with Gasteiger partial charge in [-0.25, -0.2) is 0 Å². The van der Waals surface area contributed by atoms with Gasteiger partial charge in [-0.3, -0.25) is 4.68 Å². The van der Waals surface area contributed by atoms with Crippen LogP contribution in [0.25, 0.3) is 0 Å². The number of hydrogen-bond donors (Lipinski definition) is 1. The van der Waals surface area contributed by atoms with E-state index in [9.17, 15) is 0 Å². The number of aryl methyl sites for hydroxylation is 2. The Labute approximate surface area is 114 Å². The van der Waals surface area contributed by atoms with Crippen LogP contribution in [0, 0.1) is 0 Å². The molecular weight excluding hydrogens is 238 g/mol. The summed E-state index contributed by atoms with van der Waals surface area (Å²) in [6.07, 6.45) is 7.00. The summed E-state index contributed by atoms with van der Waals surface area (Å²) in [6, 6.07) is 9.89. The highest BCUT2D eigenvalue weighted by atomic mass is 16.5. The van der Waals surface area contributed by atoms with Gasteiger partial charge in [-0.1, -0.05) is 18.2 Å². The minimum absolute atomic E-state index is 0.710. The fraction of sp³-hybridized carbons (Fsp3) is 0.400. The number of rotatable bonds is 8. The average Bonchev–Trinajstić information content (AvgIpc) is 2.90. The van der Waals surface area contributed by atoms with Crippen molar-refractivity contribution >= 4 is 0 Å². The van der Waals surface area contributed by atoms with E-state index in [2.05, 4.69) is 11.3 Å². The Morgan fingerprint density at radius 3 is 2.79 bits per heavy atom. The highest BCUT2D eigenvalue weighted by Crippen LogP contribution is 2.08. The summed E-state index contributed by atoms with van der Waals surface area (Å²) in [5.41, 5.74) is 6.75. The lowest BCUT2D eigenvalue weighted by Crippen LogP contribution is -2.04. The van der Waals surface area contributed by atoms with Crippen LogP contribution in [0.1, 0.15) is 18.4 Å². The van der Waals surface area contributed by atoms with E-state index in [1.807, 2.05) is 41.2 Å². The van der Waals surface area contributed by atoms with Crippen molar-refractivity contribution in [2.45, 2.75) is 25.8 Å². The van der Waals surface area contributed by atoms with Gasteiger partial charge < -0.3 is 10.5 Å². The summed E-state index contributed by atoms with van der Waals surface area (Å²) in [5.74, 6) is 0.923. The minimum atomic E-state index is 0.710. The second-order valence-electron chi connectivity index (χ2n) is 4.52. The van der Waals surface area contributed by atoms with E-state index >= 15 is 0 Å². The van der Waals surface area contributed by atoms with E-state index in [0.29, 0.717) is 6.61 Å². The molecule has 1 aromatic heterocycles. The molecule has 0 aliphatic carbocycles. The smallest absolute Gasteiger partial charge is 0.119 e. The maximum Gasteiger partial charge on any atom is 0.119 e. The third-order valence-corrected chi connectivity index (χ3v) is 2.90. The zero-order valence-corrected chi connectivity index (χ0v) is 11.2. The maximum absolute atomic E-state index is 5.64. The molecule has 4 heteroatoms. The Bertz CT molecular complexity index is 467. The van der Waals surface area contributed by atoms with Crippen molar-refractivity contribution in [3.05, 3.63) is 48.3 Å². The molecule has 0 unspecified atom stereocenters. The second kappa shape index (κ2) is 7.59. The average molecular weight is 259 g/mol. The highest BCUT2D eigenvalue weighted by Gasteiger charge is 1.98. The Morgan fingerprint density at radius 2 is 2.00 bits per heavy atom. The zero-order valence-electron chi connectivity index (χ0n) is 11.2. The molecule has 0 saturated heterocycles. The van der Waals surface area contributed by atoms with E-state index < -0.39 is 0 Å². The molecule has 4 nitrogen and oxygen atoms in total. The molecular formula is C15H21N3O. The number of para-hydroxylation sites is 1. The van der Waals surface area contributed by atoms with Crippen LogP contribution < -0.4 is 10.5 Å². The molecule has 19 heavy (non-hydrogen) atoms. The van der Waals surface area contributed by atoms with E-state index in [4.69, 9.17) is 10.5 Å². The number of nitrogens with two attached hydrogens (primary N) is 1. The molecule has 2 aromatic rings. The first-order valence-corrected chi connectivity index (χ1v) is 6.78. The Hall–Kier alpha value is -1.81. The third kappa shape index (κ3) is 4.75. The summed E-state index contributed by atoms with van der Waals surface area (Å²) in [7, 11) is 0. The summed E-state index contributed by atoms with van der Waals surface area (Å²) < 4.78 is 7.61. The van der Waals surface area contributed by atoms with Gasteiger partial charge in [-0.15, -0.1) is 0 Å². The van der Waals surface area contributed by atoms with Gasteiger partial charge in [-0.05, 0) is 37.1 Å². The van der Waals surface area contributed by atoms with Gasteiger partial charge in [0.2, 0.25) is 0 Å². The molecule has 0 spiro atoms. The van der Waals surface area contributed by atoms with E-state index in [1.54, 1.807) is 0 Å². The summed E-state index contributed by atoms with van der Waals surface area (Å²) in [5, 5.41) is 4.33. The molecule has 2 rings (SSSR count). The molecule has 0 saturated carbocycles. The SMILES string of the molecule is NCCCc1cnn(CCCOc2ccccc2)c1. The van der Waals surface area contributed by atoms with Crippen LogP contribution in [-0.2, 0) is 13.0 Å². The van der Waals surface area contributed by atoms with Crippen molar-refractivity contribution in [3.63, 3.8) is 0 Å². The molecule has 102 valence electrons. The molecule has 0 aliphatic rings. The molecule has 0 radical (unpaired) electrons. The predicted molar refractivity (Wildman–Crippen MR) is 76.2 cm³/mol. The maximum atomic E-state index is 5.64. The summed E-state index contributed by atoms with van der Waals surface area (Å²) >= 11 is 0. The van der Waals surface area contributed by atoms with Crippen molar-refractivity contribution < 1.29 is 4.74 Å². The molecule has 0 fully saturated rings. The number of hydrogen-bond acceptors (Lipinski definition) is 3. The number of nitrogens with zero attached hydrogens (tertiary/aromatic N) is 2. The van der Waals surface area contributed by atoms with Crippen LogP contribution in [0.4, 0.5) is 0 Å². The molecule has 0 atom stereocenters. The molecule has 0 bridgehead atoms. The van der Waals surface area contributed by atoms with Crippen molar-refractivity contribution in [1.29, 1.82) is 0 Å². The number of aromatic nitrogens is 2. The Kier molecular flexibility index (Phi) is 5.44. The Balaban J connectivity index is 1.66. The van der Waals surface area contributed by atoms with E-state index in [0.717, 1.165) is 38.1 Å². The van der Waals surface area contributed by atoms with Gasteiger partial charge in [0.1, 0.15) is 5.75 Å². The zero-order chi connectivity index (χ0) is 13.3. The normalized spacial score (nSPS) is 10.6. The van der Waals surface area contributed by atoms with Gasteiger partial charge in [0, 0.05) is 19.2 Å². The first-order chi connectivity index (χ1) is 9.38. The van der Waals surface area contributed by atoms with Crippen LogP contribution in [0.5, 0.6) is 5.75 Å². The summed E-state index contributed by atoms with van der Waals surface area (Å²) in [4.78, 5) is 0. The second-order valence-corrected chi connectivity index (χ2v) is 4.52. The van der Waals surface area contributed by atoms with E-state index in [-0.39, 0.29) is 0 Å². The van der Waals surface area contributed by atoms with Gasteiger partial charge in [-0.2, -0.15) is 5.10 Å². The first-order valence-electron chi connectivity index (χ1n) is 6.78. The van der Waals surface area contributed by atoms with Crippen LogP contribution in [-0.4, -0.2) is 22.9 Å². The van der Waals surface area contributed by atoms with Gasteiger partial charge in [0.25, 0.3) is 0 Å². The third-order valence-electron chi connectivity index (χ3n) is 2.90. The minimum Gasteiger partial charge on any atom is -0.494 e. The molecule has 0 amide bonds. The lowest BCUT2D eigenvalue weighted by Gasteiger charge is -2.05. The van der Waals surface area contributed by atoms with Gasteiger partial charge in [0.05, 0.1) is 12.8 Å². The summed E-state index contributed by atoms with van der Waals surface area (Å²) in [6.45, 7) is 2.33. The van der Waals surface area contributed by atoms with Crippen LogP contribution in [0.15, 0.2) is 42.7 Å². The lowest BCUT2D eigenvalue weighted by atomic mass is 10.2. The highest BCUT2D eigenvalue weighted by molar-refractivity contribution is 5.20. The lowest BCUT2D eigenvalue weighted by molar-refractivity contribution is 0.298. The fourth-order valence-electron chi connectivity index (χ4n) is 1.90. The van der Waals surface area contributed by atoms with Crippen molar-refractivity contribution in [1.82, 2.24) is 9.78 Å². The number of ether oxygens (including phenoxy) is 1. The predicted octanol–water partition coefficient (Wildman–Crippen LogP) is 2.24. The van der Waals surface area contributed by atoms with Gasteiger partial charge >= 0.3 is 0 Å². The van der Waals surface area contributed by atoms with Crippen LogP contribution >= 0.6 is 0 Å². The fourth-order valence-corrected chi connectivity index (χ4v) is 1.90. The first kappa shape index (κ1) is 13.6.